The Morgan fingerprint density at radius 1 is 1.53 bits per heavy atom. The van der Waals surface area contributed by atoms with E-state index in [2.05, 4.69) is 4.72 Å². The highest BCUT2D eigenvalue weighted by Crippen LogP contribution is 2.08. The maximum atomic E-state index is 11.5. The third kappa shape index (κ3) is 7.11. The third-order valence-electron chi connectivity index (χ3n) is 2.20. The van der Waals surface area contributed by atoms with Crippen molar-refractivity contribution in [2.45, 2.75) is 32.8 Å². The minimum Gasteiger partial charge on any atom is -0.389 e. The second-order valence-corrected chi connectivity index (χ2v) is 6.37. The number of sulfonamides is 1. The number of rotatable bonds is 7. The zero-order valence-corrected chi connectivity index (χ0v) is 11.0. The molecule has 0 saturated carbocycles. The molecule has 0 aromatic heterocycles. The van der Waals surface area contributed by atoms with Crippen LogP contribution in [0.4, 0.5) is 0 Å². The van der Waals surface area contributed by atoms with E-state index < -0.39 is 15.6 Å². The lowest BCUT2D eigenvalue weighted by Gasteiger charge is -2.22. The molecule has 0 aliphatic rings. The number of aliphatic hydroxyl groups is 1. The van der Waals surface area contributed by atoms with Crippen LogP contribution in [0.25, 0.3) is 0 Å². The van der Waals surface area contributed by atoms with E-state index in [1.54, 1.807) is 20.8 Å². The number of alkyl halides is 1. The van der Waals surface area contributed by atoms with Crippen LogP contribution in [0.15, 0.2) is 0 Å². The highest BCUT2D eigenvalue weighted by molar-refractivity contribution is 7.89. The van der Waals surface area contributed by atoms with E-state index in [1.165, 1.54) is 0 Å². The van der Waals surface area contributed by atoms with Crippen molar-refractivity contribution in [1.29, 1.82) is 0 Å². The molecule has 0 aliphatic heterocycles. The van der Waals surface area contributed by atoms with Crippen molar-refractivity contribution in [2.75, 3.05) is 18.2 Å². The molecule has 0 aromatic rings. The Balaban J connectivity index is 4.17. The molecule has 0 amide bonds. The van der Waals surface area contributed by atoms with Gasteiger partial charge in [0, 0.05) is 12.4 Å². The fraction of sp³-hybridized carbons (Fsp3) is 1.00. The van der Waals surface area contributed by atoms with E-state index in [0.29, 0.717) is 12.3 Å². The van der Waals surface area contributed by atoms with Gasteiger partial charge in [0.2, 0.25) is 10.0 Å². The van der Waals surface area contributed by atoms with Gasteiger partial charge in [-0.3, -0.25) is 0 Å². The van der Waals surface area contributed by atoms with E-state index in [1.807, 2.05) is 0 Å². The average molecular weight is 258 g/mol. The zero-order chi connectivity index (χ0) is 12.1. The molecule has 2 unspecified atom stereocenters. The minimum atomic E-state index is -3.33. The van der Waals surface area contributed by atoms with E-state index in [4.69, 9.17) is 11.6 Å². The van der Waals surface area contributed by atoms with Crippen molar-refractivity contribution in [2.24, 2.45) is 5.92 Å². The highest BCUT2D eigenvalue weighted by Gasteiger charge is 2.22. The Bertz CT molecular complexity index is 277. The first-order chi connectivity index (χ1) is 6.72. The molecule has 0 fully saturated rings. The Labute approximate surface area is 97.1 Å². The van der Waals surface area contributed by atoms with Gasteiger partial charge in [0.1, 0.15) is 0 Å². The Hall–Kier alpha value is 0.160. The summed E-state index contributed by atoms with van der Waals surface area (Å²) in [5, 5.41) is 9.62. The first-order valence-electron chi connectivity index (χ1n) is 4.98. The Morgan fingerprint density at radius 2 is 2.07 bits per heavy atom. The maximum absolute atomic E-state index is 11.5. The number of halogens is 1. The van der Waals surface area contributed by atoms with Gasteiger partial charge in [0.05, 0.1) is 11.4 Å². The van der Waals surface area contributed by atoms with Gasteiger partial charge in [-0.1, -0.05) is 13.8 Å². The lowest BCUT2D eigenvalue weighted by atomic mass is 10.1. The standard InChI is InChI=1S/C9H20ClNO3S/c1-4-9(3,12)7-11-15(13,14)6-8(2)5-10/h8,11-12H,4-7H2,1-3H3. The summed E-state index contributed by atoms with van der Waals surface area (Å²) in [6.07, 6.45) is 0.501. The van der Waals surface area contributed by atoms with Crippen LogP contribution in [0.2, 0.25) is 0 Å². The molecule has 0 saturated heterocycles. The minimum absolute atomic E-state index is 0.00368. The molecule has 92 valence electrons. The first kappa shape index (κ1) is 15.2. The maximum Gasteiger partial charge on any atom is 0.211 e. The van der Waals surface area contributed by atoms with Crippen molar-refractivity contribution in [3.8, 4) is 0 Å². The monoisotopic (exact) mass is 257 g/mol. The second-order valence-electron chi connectivity index (χ2n) is 4.21. The molecule has 0 aromatic carbocycles. The Morgan fingerprint density at radius 3 is 2.47 bits per heavy atom. The van der Waals surface area contributed by atoms with Gasteiger partial charge in [-0.2, -0.15) is 0 Å². The van der Waals surface area contributed by atoms with Gasteiger partial charge in [0.25, 0.3) is 0 Å². The number of nitrogens with one attached hydrogen (secondary N) is 1. The van der Waals surface area contributed by atoms with Crippen molar-refractivity contribution in [3.63, 3.8) is 0 Å². The van der Waals surface area contributed by atoms with Crippen LogP contribution in [0.5, 0.6) is 0 Å². The third-order valence-corrected chi connectivity index (χ3v) is 4.32. The fourth-order valence-corrected chi connectivity index (χ4v) is 2.62. The van der Waals surface area contributed by atoms with Crippen LogP contribution in [-0.2, 0) is 10.0 Å². The Kier molecular flexibility index (Phi) is 6.10. The topological polar surface area (TPSA) is 66.4 Å². The van der Waals surface area contributed by atoms with E-state index in [9.17, 15) is 13.5 Å². The van der Waals surface area contributed by atoms with Gasteiger partial charge in [-0.15, -0.1) is 11.6 Å². The summed E-state index contributed by atoms with van der Waals surface area (Å²) in [6.45, 7) is 5.21. The predicted octanol–water partition coefficient (Wildman–Crippen LogP) is 0.942. The second kappa shape index (κ2) is 6.03. The molecule has 2 N–H and O–H groups in total. The normalized spacial score (nSPS) is 18.5. The van der Waals surface area contributed by atoms with Crippen molar-refractivity contribution < 1.29 is 13.5 Å². The number of hydrogen-bond donors (Lipinski definition) is 2. The molecule has 6 heteroatoms. The van der Waals surface area contributed by atoms with Gasteiger partial charge >= 0.3 is 0 Å². The first-order valence-corrected chi connectivity index (χ1v) is 7.17. The highest BCUT2D eigenvalue weighted by atomic mass is 35.5. The smallest absolute Gasteiger partial charge is 0.211 e. The van der Waals surface area contributed by atoms with E-state index in [-0.39, 0.29) is 18.2 Å². The summed E-state index contributed by atoms with van der Waals surface area (Å²) >= 11 is 5.53. The van der Waals surface area contributed by atoms with E-state index in [0.717, 1.165) is 0 Å². The zero-order valence-electron chi connectivity index (χ0n) is 9.46. The molecule has 15 heavy (non-hydrogen) atoms. The average Bonchev–Trinajstić information content (AvgIpc) is 2.14. The molecular weight excluding hydrogens is 238 g/mol. The van der Waals surface area contributed by atoms with Crippen molar-refractivity contribution >= 4 is 21.6 Å². The van der Waals surface area contributed by atoms with Crippen LogP contribution in [0.1, 0.15) is 27.2 Å². The lowest BCUT2D eigenvalue weighted by Crippen LogP contribution is -2.41. The largest absolute Gasteiger partial charge is 0.389 e. The van der Waals surface area contributed by atoms with Crippen LogP contribution in [-0.4, -0.2) is 37.3 Å². The summed E-state index contributed by atoms with van der Waals surface area (Å²) in [4.78, 5) is 0. The quantitative estimate of drug-likeness (QED) is 0.667. The molecule has 0 rings (SSSR count). The molecule has 4 nitrogen and oxygen atoms in total. The summed E-state index contributed by atoms with van der Waals surface area (Å²) in [5.41, 5.74) is -0.989. The summed E-state index contributed by atoms with van der Waals surface area (Å²) in [5.74, 6) is 0.220. The van der Waals surface area contributed by atoms with Crippen LogP contribution >= 0.6 is 11.6 Å². The molecule has 0 spiro atoms. The molecule has 0 bridgehead atoms. The van der Waals surface area contributed by atoms with Crippen molar-refractivity contribution in [1.82, 2.24) is 4.72 Å². The lowest BCUT2D eigenvalue weighted by molar-refractivity contribution is 0.0613. The summed E-state index contributed by atoms with van der Waals surface area (Å²) in [7, 11) is -3.33. The van der Waals surface area contributed by atoms with Crippen LogP contribution < -0.4 is 4.72 Å². The number of hydrogen-bond acceptors (Lipinski definition) is 3. The molecule has 0 heterocycles. The summed E-state index contributed by atoms with van der Waals surface area (Å²) in [6, 6.07) is 0. The molecule has 0 aliphatic carbocycles. The molecule has 2 atom stereocenters. The van der Waals surface area contributed by atoms with E-state index >= 15 is 0 Å². The predicted molar refractivity (Wildman–Crippen MR) is 62.6 cm³/mol. The SMILES string of the molecule is CCC(C)(O)CNS(=O)(=O)CC(C)CCl. The van der Waals surface area contributed by atoms with Crippen molar-refractivity contribution in [3.05, 3.63) is 0 Å². The van der Waals surface area contributed by atoms with Gasteiger partial charge < -0.3 is 5.11 Å². The van der Waals surface area contributed by atoms with Gasteiger partial charge in [0.15, 0.2) is 0 Å². The molecular formula is C9H20ClNO3S. The van der Waals surface area contributed by atoms with Crippen LogP contribution in [0.3, 0.4) is 0 Å². The van der Waals surface area contributed by atoms with Crippen LogP contribution in [0, 0.1) is 5.92 Å². The summed E-state index contributed by atoms with van der Waals surface area (Å²) < 4.78 is 25.3. The fourth-order valence-electron chi connectivity index (χ4n) is 0.868. The molecule has 0 radical (unpaired) electrons. The van der Waals surface area contributed by atoms with Gasteiger partial charge in [-0.05, 0) is 19.3 Å². The van der Waals surface area contributed by atoms with Gasteiger partial charge in [-0.25, -0.2) is 13.1 Å².